The summed E-state index contributed by atoms with van der Waals surface area (Å²) in [6, 6.07) is 8.64. The van der Waals surface area contributed by atoms with E-state index >= 15 is 0 Å². The number of aliphatic hydroxyl groups is 1. The van der Waals surface area contributed by atoms with Crippen LogP contribution in [0, 0.1) is 0 Å². The molecule has 1 aromatic heterocycles. The van der Waals surface area contributed by atoms with E-state index in [4.69, 9.17) is 5.73 Å². The van der Waals surface area contributed by atoms with Crippen molar-refractivity contribution in [2.24, 2.45) is 0 Å². The zero-order valence-electron chi connectivity index (χ0n) is 8.97. The summed E-state index contributed by atoms with van der Waals surface area (Å²) >= 11 is 0. The highest BCUT2D eigenvalue weighted by Crippen LogP contribution is 2.38. The van der Waals surface area contributed by atoms with E-state index in [2.05, 4.69) is 6.58 Å². The van der Waals surface area contributed by atoms with Crippen LogP contribution >= 0.6 is 0 Å². The lowest BCUT2D eigenvalue weighted by atomic mass is 10.1. The number of nitrogens with two attached hydrogens (primary N) is 1. The highest BCUT2D eigenvalue weighted by Gasteiger charge is 2.30. The zero-order valence-corrected chi connectivity index (χ0v) is 8.97. The minimum atomic E-state index is -0.183. The maximum Gasteiger partial charge on any atom is 0.263 e. The first-order valence-corrected chi connectivity index (χ1v) is 5.15. The van der Waals surface area contributed by atoms with Crippen molar-refractivity contribution in [1.29, 1.82) is 0 Å². The third kappa shape index (κ3) is 1.09. The number of aromatic nitrogens is 1. The SMILES string of the molecule is C=C(O)c1ccc2n1C(=O)c1cccc(N)c1-2. The van der Waals surface area contributed by atoms with Gasteiger partial charge in [-0.25, -0.2) is 0 Å². The van der Waals surface area contributed by atoms with Gasteiger partial charge in [0.05, 0.1) is 17.0 Å². The van der Waals surface area contributed by atoms with E-state index in [0.29, 0.717) is 22.6 Å². The van der Waals surface area contributed by atoms with Crippen molar-refractivity contribution < 1.29 is 9.90 Å². The van der Waals surface area contributed by atoms with Gasteiger partial charge < -0.3 is 10.8 Å². The minimum absolute atomic E-state index is 0.129. The third-order valence-corrected chi connectivity index (χ3v) is 2.96. The van der Waals surface area contributed by atoms with Crippen LogP contribution in [0.2, 0.25) is 0 Å². The van der Waals surface area contributed by atoms with E-state index in [9.17, 15) is 9.90 Å². The average Bonchev–Trinajstić information content (AvgIpc) is 2.81. The Morgan fingerprint density at radius 1 is 1.29 bits per heavy atom. The molecule has 3 rings (SSSR count). The molecule has 17 heavy (non-hydrogen) atoms. The summed E-state index contributed by atoms with van der Waals surface area (Å²) in [6.45, 7) is 3.45. The van der Waals surface area contributed by atoms with E-state index in [1.54, 1.807) is 30.3 Å². The highest BCUT2D eigenvalue weighted by molar-refractivity contribution is 6.12. The third-order valence-electron chi connectivity index (χ3n) is 2.96. The monoisotopic (exact) mass is 226 g/mol. The topological polar surface area (TPSA) is 68.2 Å². The zero-order chi connectivity index (χ0) is 12.2. The molecule has 0 spiro atoms. The van der Waals surface area contributed by atoms with Gasteiger partial charge >= 0.3 is 0 Å². The second kappa shape index (κ2) is 3.01. The van der Waals surface area contributed by atoms with Crippen molar-refractivity contribution in [3.05, 3.63) is 48.2 Å². The van der Waals surface area contributed by atoms with Gasteiger partial charge in [0, 0.05) is 11.3 Å². The first kappa shape index (κ1) is 9.72. The molecule has 3 N–H and O–H groups in total. The lowest BCUT2D eigenvalue weighted by molar-refractivity contribution is 0.0967. The van der Waals surface area contributed by atoms with Crippen LogP contribution in [0.15, 0.2) is 36.9 Å². The van der Waals surface area contributed by atoms with E-state index < -0.39 is 0 Å². The van der Waals surface area contributed by atoms with Crippen LogP contribution in [0.1, 0.15) is 16.1 Å². The molecule has 0 fully saturated rings. The molecule has 4 nitrogen and oxygen atoms in total. The van der Waals surface area contributed by atoms with Crippen molar-refractivity contribution in [2.75, 3.05) is 5.73 Å². The van der Waals surface area contributed by atoms with Gasteiger partial charge in [0.1, 0.15) is 5.76 Å². The molecule has 0 unspecified atom stereocenters. The number of benzene rings is 1. The summed E-state index contributed by atoms with van der Waals surface area (Å²) in [6.07, 6.45) is 0. The summed E-state index contributed by atoms with van der Waals surface area (Å²) in [5.74, 6) is -0.312. The second-order valence-electron chi connectivity index (χ2n) is 3.96. The number of hydrogen-bond donors (Lipinski definition) is 2. The van der Waals surface area contributed by atoms with E-state index in [1.165, 1.54) is 4.57 Å². The predicted molar refractivity (Wildman–Crippen MR) is 65.7 cm³/mol. The Hall–Kier alpha value is -2.49. The van der Waals surface area contributed by atoms with E-state index in [-0.39, 0.29) is 11.7 Å². The first-order valence-electron chi connectivity index (χ1n) is 5.15. The molecule has 84 valence electrons. The Morgan fingerprint density at radius 3 is 2.76 bits per heavy atom. The predicted octanol–water partition coefficient (Wildman–Crippen LogP) is 2.27. The summed E-state index contributed by atoms with van der Waals surface area (Å²) in [5.41, 5.74) is 8.83. The van der Waals surface area contributed by atoms with Crippen molar-refractivity contribution in [3.63, 3.8) is 0 Å². The smallest absolute Gasteiger partial charge is 0.263 e. The van der Waals surface area contributed by atoms with E-state index in [1.807, 2.05) is 0 Å². The number of nitrogens with zero attached hydrogens (tertiary/aromatic N) is 1. The van der Waals surface area contributed by atoms with Crippen LogP contribution in [-0.4, -0.2) is 15.6 Å². The molecule has 2 aromatic rings. The van der Waals surface area contributed by atoms with Crippen LogP contribution in [0.5, 0.6) is 0 Å². The quantitative estimate of drug-likeness (QED) is 0.494. The molecule has 4 heteroatoms. The summed E-state index contributed by atoms with van der Waals surface area (Å²) in [7, 11) is 0. The number of carbonyl (C=O) groups excluding carboxylic acids is 1. The molecule has 0 saturated carbocycles. The molecular formula is C13H10N2O2. The van der Waals surface area contributed by atoms with Gasteiger partial charge in [-0.1, -0.05) is 12.6 Å². The van der Waals surface area contributed by atoms with Crippen molar-refractivity contribution in [3.8, 4) is 11.3 Å². The average molecular weight is 226 g/mol. The molecule has 1 aliphatic rings. The highest BCUT2D eigenvalue weighted by atomic mass is 16.3. The van der Waals surface area contributed by atoms with Crippen LogP contribution in [0.25, 0.3) is 17.0 Å². The number of hydrogen-bond acceptors (Lipinski definition) is 3. The van der Waals surface area contributed by atoms with Gasteiger partial charge in [0.25, 0.3) is 5.91 Å². The van der Waals surface area contributed by atoms with Crippen LogP contribution < -0.4 is 5.73 Å². The number of anilines is 1. The summed E-state index contributed by atoms with van der Waals surface area (Å²) in [5, 5.41) is 9.44. The van der Waals surface area contributed by atoms with Crippen LogP contribution in [0.4, 0.5) is 5.69 Å². The maximum atomic E-state index is 12.2. The number of carbonyl (C=O) groups is 1. The van der Waals surface area contributed by atoms with Gasteiger partial charge in [-0.05, 0) is 24.3 Å². The molecule has 0 saturated heterocycles. The van der Waals surface area contributed by atoms with Crippen molar-refractivity contribution >= 4 is 17.4 Å². The number of fused-ring (bicyclic) bond motifs is 3. The molecule has 0 atom stereocenters. The van der Waals surface area contributed by atoms with Crippen molar-refractivity contribution in [1.82, 2.24) is 4.57 Å². The molecule has 0 aliphatic carbocycles. The minimum Gasteiger partial charge on any atom is -0.506 e. The fraction of sp³-hybridized carbons (Fsp3) is 0. The molecule has 0 radical (unpaired) electrons. The van der Waals surface area contributed by atoms with Gasteiger partial charge in [-0.15, -0.1) is 0 Å². The second-order valence-corrected chi connectivity index (χ2v) is 3.96. The summed E-state index contributed by atoms with van der Waals surface area (Å²) < 4.78 is 1.43. The van der Waals surface area contributed by atoms with E-state index in [0.717, 1.165) is 5.56 Å². The maximum absolute atomic E-state index is 12.2. The van der Waals surface area contributed by atoms with Crippen molar-refractivity contribution in [2.45, 2.75) is 0 Å². The Kier molecular flexibility index (Phi) is 1.72. The Bertz CT molecular complexity index is 668. The summed E-state index contributed by atoms with van der Waals surface area (Å²) in [4.78, 5) is 12.2. The number of rotatable bonds is 1. The standard InChI is InChI=1S/C13H10N2O2/c1-7(16)10-5-6-11-12-8(13(17)15(10)11)3-2-4-9(12)14/h2-6,16H,1,14H2. The van der Waals surface area contributed by atoms with Gasteiger partial charge in [0.15, 0.2) is 0 Å². The Labute approximate surface area is 97.6 Å². The normalized spacial score (nSPS) is 12.4. The fourth-order valence-corrected chi connectivity index (χ4v) is 2.23. The Morgan fingerprint density at radius 2 is 2.06 bits per heavy atom. The molecule has 2 heterocycles. The van der Waals surface area contributed by atoms with Gasteiger partial charge in [0.2, 0.25) is 0 Å². The molecule has 1 aromatic carbocycles. The first-order chi connectivity index (χ1) is 8.11. The fourth-order valence-electron chi connectivity index (χ4n) is 2.23. The Balaban J connectivity index is 2.37. The lowest BCUT2D eigenvalue weighted by Crippen LogP contribution is -2.09. The van der Waals surface area contributed by atoms with Gasteiger partial charge in [-0.2, -0.15) is 0 Å². The van der Waals surface area contributed by atoms with Crippen LogP contribution in [0.3, 0.4) is 0 Å². The molecule has 0 amide bonds. The number of nitrogen functional groups attached to an aromatic ring is 1. The molecular weight excluding hydrogens is 216 g/mol. The molecule has 0 bridgehead atoms. The van der Waals surface area contributed by atoms with Gasteiger partial charge in [-0.3, -0.25) is 9.36 Å². The van der Waals surface area contributed by atoms with Crippen LogP contribution in [-0.2, 0) is 0 Å². The number of aliphatic hydroxyl groups excluding tert-OH is 1. The molecule has 1 aliphatic heterocycles. The lowest BCUT2D eigenvalue weighted by Gasteiger charge is -2.01. The largest absolute Gasteiger partial charge is 0.506 e.